The fourth-order valence-corrected chi connectivity index (χ4v) is 3.75. The molecule has 0 saturated heterocycles. The van der Waals surface area contributed by atoms with Crippen LogP contribution in [0.1, 0.15) is 89.7 Å². The first-order valence-electron chi connectivity index (χ1n) is 11.9. The van der Waals surface area contributed by atoms with Crippen molar-refractivity contribution in [1.82, 2.24) is 25.6 Å². The molecule has 0 aromatic carbocycles. The average Bonchev–Trinajstić information content (AvgIpc) is 3.36. The zero-order chi connectivity index (χ0) is 21.4. The molecule has 4 N–H and O–H groups in total. The summed E-state index contributed by atoms with van der Waals surface area (Å²) in [6.45, 7) is 4.31. The Bertz CT molecular complexity index is 629. The Labute approximate surface area is 181 Å². The molecule has 2 rings (SSSR count). The van der Waals surface area contributed by atoms with Crippen molar-refractivity contribution < 1.29 is 4.79 Å². The first-order chi connectivity index (χ1) is 14.7. The van der Waals surface area contributed by atoms with Crippen LogP contribution in [0.2, 0.25) is 0 Å². The molecule has 0 saturated carbocycles. The second-order valence-electron chi connectivity index (χ2n) is 8.36. The maximum Gasteiger partial charge on any atom is 0.220 e. The lowest BCUT2D eigenvalue weighted by Crippen LogP contribution is -2.34. The van der Waals surface area contributed by atoms with Crippen molar-refractivity contribution >= 4 is 11.9 Å². The molecule has 1 amide bonds. The van der Waals surface area contributed by atoms with Crippen LogP contribution in [0.25, 0.3) is 0 Å². The summed E-state index contributed by atoms with van der Waals surface area (Å²) in [5.74, 6) is 0.721. The number of hydrogen-bond donors (Lipinski definition) is 3. The van der Waals surface area contributed by atoms with Gasteiger partial charge in [0.15, 0.2) is 5.96 Å². The molecule has 1 aromatic rings. The maximum absolute atomic E-state index is 11.9. The van der Waals surface area contributed by atoms with E-state index in [1.54, 1.807) is 0 Å². The lowest BCUT2D eigenvalue weighted by atomic mass is 10.1. The Kier molecular flexibility index (Phi) is 11.9. The van der Waals surface area contributed by atoms with Crippen LogP contribution in [0.15, 0.2) is 11.2 Å². The fourth-order valence-electron chi connectivity index (χ4n) is 3.75. The first kappa shape index (κ1) is 24.2. The SMILES string of the molecule is CCCCCCCCCC(=O)NCCn1cc(CCCCCC2CN=C(N)N2)nn1. The van der Waals surface area contributed by atoms with Crippen LogP contribution in [-0.4, -0.2) is 46.0 Å². The van der Waals surface area contributed by atoms with E-state index >= 15 is 0 Å². The Morgan fingerprint density at radius 1 is 1.17 bits per heavy atom. The minimum Gasteiger partial charge on any atom is -0.370 e. The standard InChI is InChI=1S/C22H41N7O/c1-2-3-4-5-6-7-11-14-21(30)24-15-16-29-18-20(27-28-29)13-10-8-9-12-19-17-25-22(23)26-19/h18-19H,2-17H2,1H3,(H,24,30)(H3,23,25,26). The zero-order valence-electron chi connectivity index (χ0n) is 18.7. The van der Waals surface area contributed by atoms with E-state index < -0.39 is 0 Å². The van der Waals surface area contributed by atoms with Crippen molar-refractivity contribution in [3.05, 3.63) is 11.9 Å². The molecular formula is C22H41N7O. The van der Waals surface area contributed by atoms with Crippen molar-refractivity contribution in [3.8, 4) is 0 Å². The lowest BCUT2D eigenvalue weighted by molar-refractivity contribution is -0.121. The van der Waals surface area contributed by atoms with E-state index in [0.717, 1.165) is 44.3 Å². The van der Waals surface area contributed by atoms with E-state index in [4.69, 9.17) is 5.73 Å². The Morgan fingerprint density at radius 3 is 2.70 bits per heavy atom. The van der Waals surface area contributed by atoms with Gasteiger partial charge in [0, 0.05) is 25.2 Å². The monoisotopic (exact) mass is 419 g/mol. The van der Waals surface area contributed by atoms with Gasteiger partial charge in [-0.2, -0.15) is 0 Å². The number of hydrogen-bond acceptors (Lipinski definition) is 6. The summed E-state index contributed by atoms with van der Waals surface area (Å²) in [6, 6.07) is 0.409. The van der Waals surface area contributed by atoms with Gasteiger partial charge in [-0.25, -0.2) is 0 Å². The Hall–Kier alpha value is -2.12. The number of nitrogens with zero attached hydrogens (tertiary/aromatic N) is 4. The number of aryl methyl sites for hydroxylation is 1. The molecule has 170 valence electrons. The number of rotatable bonds is 17. The van der Waals surface area contributed by atoms with Crippen LogP contribution in [0.3, 0.4) is 0 Å². The smallest absolute Gasteiger partial charge is 0.220 e. The van der Waals surface area contributed by atoms with Gasteiger partial charge in [-0.1, -0.05) is 63.5 Å². The van der Waals surface area contributed by atoms with Crippen molar-refractivity contribution in [2.24, 2.45) is 10.7 Å². The minimum absolute atomic E-state index is 0.146. The van der Waals surface area contributed by atoms with Crippen LogP contribution >= 0.6 is 0 Å². The van der Waals surface area contributed by atoms with Gasteiger partial charge in [0.1, 0.15) is 0 Å². The highest BCUT2D eigenvalue weighted by Crippen LogP contribution is 2.10. The van der Waals surface area contributed by atoms with Crippen molar-refractivity contribution in [2.75, 3.05) is 13.1 Å². The Balaban J connectivity index is 1.44. The van der Waals surface area contributed by atoms with Gasteiger partial charge in [0.25, 0.3) is 0 Å². The number of carbonyl (C=O) groups excluding carboxylic acids is 1. The van der Waals surface area contributed by atoms with Crippen molar-refractivity contribution in [3.63, 3.8) is 0 Å². The van der Waals surface area contributed by atoms with Crippen LogP contribution in [0.5, 0.6) is 0 Å². The summed E-state index contributed by atoms with van der Waals surface area (Å²) in [7, 11) is 0. The van der Waals surface area contributed by atoms with Gasteiger partial charge in [-0.3, -0.25) is 14.5 Å². The fraction of sp³-hybridized carbons (Fsp3) is 0.818. The summed E-state index contributed by atoms with van der Waals surface area (Å²) in [5, 5.41) is 14.6. The molecule has 0 aliphatic carbocycles. The number of nitrogens with one attached hydrogen (secondary N) is 2. The molecule has 8 heteroatoms. The van der Waals surface area contributed by atoms with Gasteiger partial charge in [-0.15, -0.1) is 5.10 Å². The highest BCUT2D eigenvalue weighted by Gasteiger charge is 2.14. The molecule has 1 aliphatic rings. The molecule has 0 bridgehead atoms. The van der Waals surface area contributed by atoms with Gasteiger partial charge in [0.05, 0.1) is 18.8 Å². The molecule has 1 aromatic heterocycles. The molecule has 30 heavy (non-hydrogen) atoms. The molecule has 1 atom stereocenters. The quantitative estimate of drug-likeness (QED) is 0.336. The normalized spacial score (nSPS) is 15.8. The van der Waals surface area contributed by atoms with Crippen molar-refractivity contribution in [1.29, 1.82) is 0 Å². The van der Waals surface area contributed by atoms with E-state index in [1.807, 2.05) is 10.9 Å². The van der Waals surface area contributed by atoms with Gasteiger partial charge in [0.2, 0.25) is 5.91 Å². The summed E-state index contributed by atoms with van der Waals surface area (Å²) >= 11 is 0. The molecule has 0 spiro atoms. The molecule has 0 radical (unpaired) electrons. The average molecular weight is 420 g/mol. The summed E-state index contributed by atoms with van der Waals surface area (Å²) in [6.07, 6.45) is 16.7. The highest BCUT2D eigenvalue weighted by atomic mass is 16.1. The topological polar surface area (TPSA) is 110 Å². The van der Waals surface area contributed by atoms with Crippen LogP contribution in [-0.2, 0) is 17.8 Å². The summed E-state index contributed by atoms with van der Waals surface area (Å²) in [4.78, 5) is 16.1. The molecule has 8 nitrogen and oxygen atoms in total. The Morgan fingerprint density at radius 2 is 1.93 bits per heavy atom. The summed E-state index contributed by atoms with van der Waals surface area (Å²) in [5.41, 5.74) is 6.65. The second kappa shape index (κ2) is 14.8. The third-order valence-electron chi connectivity index (χ3n) is 5.58. The van der Waals surface area contributed by atoms with E-state index in [9.17, 15) is 4.79 Å². The highest BCUT2D eigenvalue weighted by molar-refractivity contribution is 5.79. The van der Waals surface area contributed by atoms with Crippen LogP contribution in [0, 0.1) is 0 Å². The molecule has 1 unspecified atom stereocenters. The molecule has 2 heterocycles. The van der Waals surface area contributed by atoms with Crippen LogP contribution in [0.4, 0.5) is 0 Å². The third kappa shape index (κ3) is 10.6. The third-order valence-corrected chi connectivity index (χ3v) is 5.58. The van der Waals surface area contributed by atoms with Gasteiger partial charge >= 0.3 is 0 Å². The number of carbonyl (C=O) groups is 1. The minimum atomic E-state index is 0.146. The van der Waals surface area contributed by atoms with Gasteiger partial charge in [-0.05, 0) is 25.7 Å². The largest absolute Gasteiger partial charge is 0.370 e. The predicted octanol–water partition coefficient (Wildman–Crippen LogP) is 2.92. The number of aliphatic imine (C=N–C) groups is 1. The second-order valence-corrected chi connectivity index (χ2v) is 8.36. The van der Waals surface area contributed by atoms with Gasteiger partial charge < -0.3 is 16.4 Å². The van der Waals surface area contributed by atoms with E-state index in [-0.39, 0.29) is 5.91 Å². The van der Waals surface area contributed by atoms with Crippen molar-refractivity contribution in [2.45, 2.75) is 103 Å². The maximum atomic E-state index is 11.9. The van der Waals surface area contributed by atoms with E-state index in [0.29, 0.717) is 31.5 Å². The van der Waals surface area contributed by atoms with Crippen LogP contribution < -0.4 is 16.4 Å². The first-order valence-corrected chi connectivity index (χ1v) is 11.9. The van der Waals surface area contributed by atoms with E-state index in [1.165, 1.54) is 44.9 Å². The summed E-state index contributed by atoms with van der Waals surface area (Å²) < 4.78 is 1.83. The number of guanidine groups is 1. The predicted molar refractivity (Wildman–Crippen MR) is 121 cm³/mol. The number of aromatic nitrogens is 3. The molecule has 0 fully saturated rings. The number of unbranched alkanes of at least 4 members (excludes halogenated alkanes) is 8. The lowest BCUT2D eigenvalue weighted by Gasteiger charge is -2.09. The number of amides is 1. The van der Waals surface area contributed by atoms with E-state index in [2.05, 4.69) is 32.9 Å². The zero-order valence-corrected chi connectivity index (χ0v) is 18.7. The molecule has 1 aliphatic heterocycles. The number of nitrogens with two attached hydrogens (primary N) is 1. The molecular weight excluding hydrogens is 378 g/mol.